The fourth-order valence-corrected chi connectivity index (χ4v) is 2.51. The van der Waals surface area contributed by atoms with Crippen LogP contribution in [0.15, 0.2) is 24.3 Å². The Balaban J connectivity index is 0.00000180. The summed E-state index contributed by atoms with van der Waals surface area (Å²) in [6.45, 7) is 3.01. The second-order valence-electron chi connectivity index (χ2n) is 4.84. The lowest BCUT2D eigenvalue weighted by atomic mass is 10.1. The van der Waals surface area contributed by atoms with E-state index in [4.69, 9.17) is 11.6 Å². The highest BCUT2D eigenvalue weighted by molar-refractivity contribution is 6.30. The van der Waals surface area contributed by atoms with Crippen LogP contribution in [0.5, 0.6) is 0 Å². The Morgan fingerprint density at radius 2 is 2.37 bits per heavy atom. The molecule has 1 heterocycles. The molecule has 0 bridgehead atoms. The first kappa shape index (κ1) is 16.3. The Labute approximate surface area is 125 Å². The van der Waals surface area contributed by atoms with Gasteiger partial charge in [0.15, 0.2) is 0 Å². The number of nitrogens with one attached hydrogen (secondary N) is 2. The first-order valence-electron chi connectivity index (χ1n) is 6.43. The highest BCUT2D eigenvalue weighted by Crippen LogP contribution is 2.18. The predicted molar refractivity (Wildman–Crippen MR) is 80.9 cm³/mol. The van der Waals surface area contributed by atoms with Gasteiger partial charge in [0.2, 0.25) is 5.91 Å². The van der Waals surface area contributed by atoms with Crippen molar-refractivity contribution in [3.05, 3.63) is 34.9 Å². The third-order valence-corrected chi connectivity index (χ3v) is 3.56. The molecular formula is C14H20Cl2N2O. The molecule has 3 nitrogen and oxygen atoms in total. The van der Waals surface area contributed by atoms with Crippen molar-refractivity contribution in [2.75, 3.05) is 6.54 Å². The molecule has 1 aromatic carbocycles. The molecule has 1 fully saturated rings. The average Bonchev–Trinajstić information content (AvgIpc) is 2.81. The summed E-state index contributed by atoms with van der Waals surface area (Å²) in [4.78, 5) is 11.9. The van der Waals surface area contributed by atoms with Crippen molar-refractivity contribution in [1.82, 2.24) is 10.6 Å². The summed E-state index contributed by atoms with van der Waals surface area (Å²) in [6, 6.07) is 7.94. The second-order valence-corrected chi connectivity index (χ2v) is 5.28. The quantitative estimate of drug-likeness (QED) is 0.897. The molecular weight excluding hydrogens is 283 g/mol. The van der Waals surface area contributed by atoms with E-state index >= 15 is 0 Å². The number of amides is 1. The van der Waals surface area contributed by atoms with E-state index in [0.29, 0.717) is 17.5 Å². The summed E-state index contributed by atoms with van der Waals surface area (Å²) in [5.74, 6) is 0.0990. The molecule has 2 unspecified atom stereocenters. The molecule has 1 saturated heterocycles. The van der Waals surface area contributed by atoms with Crippen molar-refractivity contribution in [1.29, 1.82) is 0 Å². The van der Waals surface area contributed by atoms with Crippen molar-refractivity contribution >= 4 is 29.9 Å². The fourth-order valence-electron chi connectivity index (χ4n) is 2.31. The number of halogens is 2. The van der Waals surface area contributed by atoms with E-state index in [1.165, 1.54) is 6.42 Å². The van der Waals surface area contributed by atoms with Crippen LogP contribution in [0.2, 0.25) is 5.02 Å². The Hall–Kier alpha value is -0.770. The zero-order valence-corrected chi connectivity index (χ0v) is 12.6. The molecule has 0 radical (unpaired) electrons. The van der Waals surface area contributed by atoms with E-state index in [1.807, 2.05) is 31.2 Å². The maximum atomic E-state index is 11.9. The van der Waals surface area contributed by atoms with E-state index in [0.717, 1.165) is 18.5 Å². The standard InChI is InChI=1S/C14H19ClN2O.ClH/c1-10(11-4-2-5-12(15)8-11)17-14(18)9-13-6-3-7-16-13;/h2,4-5,8,10,13,16H,3,6-7,9H2,1H3,(H,17,18);1H. The van der Waals surface area contributed by atoms with Crippen LogP contribution in [-0.2, 0) is 4.79 Å². The molecule has 5 heteroatoms. The van der Waals surface area contributed by atoms with Crippen LogP contribution in [0.1, 0.15) is 37.8 Å². The maximum Gasteiger partial charge on any atom is 0.222 e. The third-order valence-electron chi connectivity index (χ3n) is 3.32. The highest BCUT2D eigenvalue weighted by atomic mass is 35.5. The molecule has 1 aliphatic rings. The van der Waals surface area contributed by atoms with Crippen molar-refractivity contribution in [2.45, 2.75) is 38.3 Å². The van der Waals surface area contributed by atoms with Gasteiger partial charge in [-0.15, -0.1) is 12.4 Å². The van der Waals surface area contributed by atoms with Crippen LogP contribution < -0.4 is 10.6 Å². The van der Waals surface area contributed by atoms with Crippen LogP contribution in [0.3, 0.4) is 0 Å². The van der Waals surface area contributed by atoms with E-state index < -0.39 is 0 Å². The number of carbonyl (C=O) groups excluding carboxylic acids is 1. The van der Waals surface area contributed by atoms with Crippen LogP contribution in [0.4, 0.5) is 0 Å². The highest BCUT2D eigenvalue weighted by Gasteiger charge is 2.18. The van der Waals surface area contributed by atoms with Gasteiger partial charge < -0.3 is 10.6 Å². The van der Waals surface area contributed by atoms with Gasteiger partial charge >= 0.3 is 0 Å². The molecule has 1 amide bonds. The van der Waals surface area contributed by atoms with Gasteiger partial charge in [0, 0.05) is 17.5 Å². The van der Waals surface area contributed by atoms with Crippen LogP contribution in [-0.4, -0.2) is 18.5 Å². The first-order chi connectivity index (χ1) is 8.65. The summed E-state index contributed by atoms with van der Waals surface area (Å²) >= 11 is 5.94. The molecule has 2 rings (SSSR count). The van der Waals surface area contributed by atoms with Gasteiger partial charge in [-0.05, 0) is 44.0 Å². The predicted octanol–water partition coefficient (Wildman–Crippen LogP) is 3.08. The van der Waals surface area contributed by atoms with Crippen molar-refractivity contribution in [3.8, 4) is 0 Å². The molecule has 0 aliphatic carbocycles. The summed E-state index contributed by atoms with van der Waals surface area (Å²) in [7, 11) is 0. The molecule has 0 saturated carbocycles. The number of hydrogen-bond acceptors (Lipinski definition) is 2. The summed E-state index contributed by atoms with van der Waals surface area (Å²) < 4.78 is 0. The fraction of sp³-hybridized carbons (Fsp3) is 0.500. The van der Waals surface area contributed by atoms with Gasteiger partial charge in [0.1, 0.15) is 0 Å². The Bertz CT molecular complexity index is 420. The van der Waals surface area contributed by atoms with Gasteiger partial charge in [-0.2, -0.15) is 0 Å². The summed E-state index contributed by atoms with van der Waals surface area (Å²) in [5, 5.41) is 7.04. The number of carbonyl (C=O) groups is 1. The topological polar surface area (TPSA) is 41.1 Å². The Morgan fingerprint density at radius 3 is 3.00 bits per heavy atom. The molecule has 0 spiro atoms. The lowest BCUT2D eigenvalue weighted by Gasteiger charge is -2.16. The van der Waals surface area contributed by atoms with Crippen LogP contribution in [0, 0.1) is 0 Å². The largest absolute Gasteiger partial charge is 0.350 e. The van der Waals surface area contributed by atoms with E-state index in [2.05, 4.69) is 10.6 Å². The van der Waals surface area contributed by atoms with Crippen molar-refractivity contribution in [3.63, 3.8) is 0 Å². The Morgan fingerprint density at radius 1 is 1.58 bits per heavy atom. The third kappa shape index (κ3) is 5.01. The molecule has 19 heavy (non-hydrogen) atoms. The monoisotopic (exact) mass is 302 g/mol. The molecule has 2 atom stereocenters. The summed E-state index contributed by atoms with van der Waals surface area (Å²) in [6.07, 6.45) is 2.83. The van der Waals surface area contributed by atoms with E-state index in [-0.39, 0.29) is 24.4 Å². The normalized spacial score (nSPS) is 19.6. The van der Waals surface area contributed by atoms with Gasteiger partial charge in [-0.1, -0.05) is 23.7 Å². The molecule has 106 valence electrons. The average molecular weight is 303 g/mol. The lowest BCUT2D eigenvalue weighted by molar-refractivity contribution is -0.122. The zero-order valence-electron chi connectivity index (χ0n) is 11.0. The van der Waals surface area contributed by atoms with Gasteiger partial charge in [0.25, 0.3) is 0 Å². The Kier molecular flexibility index (Phi) is 6.63. The van der Waals surface area contributed by atoms with Gasteiger partial charge in [-0.3, -0.25) is 4.79 Å². The minimum Gasteiger partial charge on any atom is -0.350 e. The van der Waals surface area contributed by atoms with Crippen molar-refractivity contribution < 1.29 is 4.79 Å². The van der Waals surface area contributed by atoms with E-state index in [1.54, 1.807) is 0 Å². The SMILES string of the molecule is CC(NC(=O)CC1CCCN1)c1cccc(Cl)c1.Cl. The second kappa shape index (κ2) is 7.73. The van der Waals surface area contributed by atoms with Crippen molar-refractivity contribution in [2.24, 2.45) is 0 Å². The van der Waals surface area contributed by atoms with Crippen LogP contribution >= 0.6 is 24.0 Å². The minimum atomic E-state index is -0.00222. The van der Waals surface area contributed by atoms with Gasteiger partial charge in [0.05, 0.1) is 6.04 Å². The van der Waals surface area contributed by atoms with E-state index in [9.17, 15) is 4.79 Å². The summed E-state index contributed by atoms with van der Waals surface area (Å²) in [5.41, 5.74) is 1.04. The number of benzene rings is 1. The number of rotatable bonds is 4. The molecule has 1 aromatic rings. The van der Waals surface area contributed by atoms with Crippen LogP contribution in [0.25, 0.3) is 0 Å². The number of hydrogen-bond donors (Lipinski definition) is 2. The first-order valence-corrected chi connectivity index (χ1v) is 6.81. The molecule has 1 aliphatic heterocycles. The smallest absolute Gasteiger partial charge is 0.222 e. The molecule has 2 N–H and O–H groups in total. The lowest BCUT2D eigenvalue weighted by Crippen LogP contribution is -2.33. The zero-order chi connectivity index (χ0) is 13.0. The van der Waals surface area contributed by atoms with Gasteiger partial charge in [-0.25, -0.2) is 0 Å². The maximum absolute atomic E-state index is 11.9. The molecule has 0 aromatic heterocycles. The minimum absolute atomic E-state index is 0.